The first kappa shape index (κ1) is 21.3. The van der Waals surface area contributed by atoms with Gasteiger partial charge in [-0.05, 0) is 35.4 Å². The molecule has 1 amide bonds. The van der Waals surface area contributed by atoms with E-state index in [4.69, 9.17) is 4.74 Å². The van der Waals surface area contributed by atoms with Crippen LogP contribution in [0.25, 0.3) is 11.1 Å². The molecule has 1 atom stereocenters. The predicted octanol–water partition coefficient (Wildman–Crippen LogP) is 3.99. The average molecular weight is 450 g/mol. The molecule has 33 heavy (non-hydrogen) atoms. The van der Waals surface area contributed by atoms with Gasteiger partial charge in [0.25, 0.3) is 0 Å². The quantitative estimate of drug-likeness (QED) is 0.596. The van der Waals surface area contributed by atoms with Crippen LogP contribution >= 0.6 is 0 Å². The van der Waals surface area contributed by atoms with Crippen LogP contribution in [0.3, 0.4) is 0 Å². The number of aromatic nitrogens is 1. The molecule has 3 heterocycles. The zero-order valence-electron chi connectivity index (χ0n) is 18.0. The molecule has 1 aromatic heterocycles. The number of amides is 1. The van der Waals surface area contributed by atoms with Crippen LogP contribution < -0.4 is 10.2 Å². The van der Waals surface area contributed by atoms with Crippen molar-refractivity contribution in [3.8, 4) is 11.1 Å². The van der Waals surface area contributed by atoms with Crippen LogP contribution in [0.15, 0.2) is 54.7 Å². The van der Waals surface area contributed by atoms with Crippen molar-refractivity contribution < 1.29 is 18.3 Å². The molecule has 0 radical (unpaired) electrons. The van der Waals surface area contributed by atoms with Crippen LogP contribution in [-0.2, 0) is 16.1 Å². The van der Waals surface area contributed by atoms with Crippen LogP contribution in [0.4, 0.5) is 20.3 Å². The van der Waals surface area contributed by atoms with E-state index in [-0.39, 0.29) is 12.6 Å². The molecule has 0 bridgehead atoms. The van der Waals surface area contributed by atoms with Crippen LogP contribution in [-0.4, -0.2) is 49.1 Å². The first-order chi connectivity index (χ1) is 16.1. The van der Waals surface area contributed by atoms with Gasteiger partial charge >= 0.3 is 0 Å². The van der Waals surface area contributed by atoms with E-state index in [1.807, 2.05) is 35.2 Å². The highest BCUT2D eigenvalue weighted by Gasteiger charge is 2.22. The van der Waals surface area contributed by atoms with Crippen molar-refractivity contribution in [1.29, 1.82) is 0 Å². The van der Waals surface area contributed by atoms with Crippen molar-refractivity contribution in [3.05, 3.63) is 77.5 Å². The molecular weight excluding hydrogens is 426 g/mol. The number of halogens is 2. The zero-order valence-corrected chi connectivity index (χ0v) is 18.0. The summed E-state index contributed by atoms with van der Waals surface area (Å²) in [5.74, 6) is -0.149. The lowest BCUT2D eigenvalue weighted by Gasteiger charge is -2.32. The SMILES string of the molecule is O=CN1CCOC(c2ccc(-c3cnc4c(c3)N(Cc3cc(F)ccc3F)CCN4)cc2)C1. The third-order valence-corrected chi connectivity index (χ3v) is 6.11. The average Bonchev–Trinajstić information content (AvgIpc) is 2.86. The summed E-state index contributed by atoms with van der Waals surface area (Å²) in [5, 5.41) is 3.27. The monoisotopic (exact) mass is 450 g/mol. The van der Waals surface area contributed by atoms with Crippen molar-refractivity contribution in [2.45, 2.75) is 12.6 Å². The minimum Gasteiger partial charge on any atom is -0.370 e. The third kappa shape index (κ3) is 4.52. The van der Waals surface area contributed by atoms with E-state index in [1.54, 1.807) is 11.1 Å². The lowest BCUT2D eigenvalue weighted by Crippen LogP contribution is -2.37. The van der Waals surface area contributed by atoms with E-state index in [0.717, 1.165) is 46.7 Å². The number of pyridine rings is 1. The summed E-state index contributed by atoms with van der Waals surface area (Å²) < 4.78 is 33.7. The van der Waals surface area contributed by atoms with E-state index in [0.29, 0.717) is 38.3 Å². The van der Waals surface area contributed by atoms with E-state index < -0.39 is 11.6 Å². The maximum atomic E-state index is 14.2. The Kier molecular flexibility index (Phi) is 5.92. The van der Waals surface area contributed by atoms with E-state index >= 15 is 0 Å². The van der Waals surface area contributed by atoms with Crippen LogP contribution in [0.1, 0.15) is 17.2 Å². The molecule has 170 valence electrons. The van der Waals surface area contributed by atoms with Gasteiger partial charge in [0.05, 0.1) is 18.8 Å². The number of benzene rings is 2. The first-order valence-electron chi connectivity index (χ1n) is 10.9. The van der Waals surface area contributed by atoms with Gasteiger partial charge in [-0.25, -0.2) is 13.8 Å². The minimum atomic E-state index is -0.452. The lowest BCUT2D eigenvalue weighted by molar-refractivity contribution is -0.125. The highest BCUT2D eigenvalue weighted by molar-refractivity contribution is 5.76. The number of hydrogen-bond donors (Lipinski definition) is 1. The van der Waals surface area contributed by atoms with E-state index in [9.17, 15) is 13.6 Å². The standard InChI is InChI=1S/C25H24F2N4O2/c26-21-5-6-22(27)20(11-21)14-31-8-7-28-25-23(31)12-19(13-29-25)17-1-3-18(4-2-17)24-15-30(16-32)9-10-33-24/h1-6,11-13,16,24H,7-10,14-15H2,(H,28,29). The summed E-state index contributed by atoms with van der Waals surface area (Å²) in [7, 11) is 0. The summed E-state index contributed by atoms with van der Waals surface area (Å²) in [5.41, 5.74) is 4.09. The second-order valence-electron chi connectivity index (χ2n) is 8.26. The fraction of sp³-hybridized carbons (Fsp3) is 0.280. The summed E-state index contributed by atoms with van der Waals surface area (Å²) in [4.78, 5) is 19.4. The Labute approximate surface area is 190 Å². The maximum absolute atomic E-state index is 14.2. The highest BCUT2D eigenvalue weighted by Crippen LogP contribution is 2.34. The summed E-state index contributed by atoms with van der Waals surface area (Å²) in [6, 6.07) is 13.6. The minimum absolute atomic E-state index is 0.138. The summed E-state index contributed by atoms with van der Waals surface area (Å²) in [6.45, 7) is 3.26. The number of hydrogen-bond acceptors (Lipinski definition) is 5. The number of ether oxygens (including phenoxy) is 1. The molecule has 0 saturated carbocycles. The lowest BCUT2D eigenvalue weighted by atomic mass is 10.0. The molecule has 1 N–H and O–H groups in total. The van der Waals surface area contributed by atoms with Crippen molar-refractivity contribution in [2.24, 2.45) is 0 Å². The fourth-order valence-electron chi connectivity index (χ4n) is 4.31. The molecule has 1 saturated heterocycles. The summed E-state index contributed by atoms with van der Waals surface area (Å²) >= 11 is 0. The number of anilines is 2. The molecule has 0 spiro atoms. The Balaban J connectivity index is 1.39. The predicted molar refractivity (Wildman–Crippen MR) is 122 cm³/mol. The number of morpholine rings is 1. The largest absolute Gasteiger partial charge is 0.370 e. The molecule has 1 unspecified atom stereocenters. The van der Waals surface area contributed by atoms with Gasteiger partial charge in [0, 0.05) is 43.5 Å². The van der Waals surface area contributed by atoms with Gasteiger partial charge in [-0.2, -0.15) is 0 Å². The Bertz CT molecular complexity index is 1160. The number of fused-ring (bicyclic) bond motifs is 1. The molecule has 1 fully saturated rings. The Morgan fingerprint density at radius 1 is 1.09 bits per heavy atom. The molecule has 8 heteroatoms. The number of nitrogens with zero attached hydrogens (tertiary/aromatic N) is 3. The van der Waals surface area contributed by atoms with Crippen molar-refractivity contribution in [1.82, 2.24) is 9.88 Å². The molecule has 3 aromatic rings. The van der Waals surface area contributed by atoms with Crippen molar-refractivity contribution in [3.63, 3.8) is 0 Å². The smallest absolute Gasteiger partial charge is 0.209 e. The van der Waals surface area contributed by atoms with Gasteiger partial charge in [-0.1, -0.05) is 24.3 Å². The van der Waals surface area contributed by atoms with Crippen LogP contribution in [0, 0.1) is 11.6 Å². The molecule has 2 aromatic carbocycles. The van der Waals surface area contributed by atoms with Crippen molar-refractivity contribution in [2.75, 3.05) is 43.0 Å². The van der Waals surface area contributed by atoms with Gasteiger partial charge in [0.2, 0.25) is 6.41 Å². The normalized spacial score (nSPS) is 17.9. The number of nitrogens with one attached hydrogen (secondary N) is 1. The molecule has 5 rings (SSSR count). The molecule has 0 aliphatic carbocycles. The van der Waals surface area contributed by atoms with Gasteiger partial charge in [0.1, 0.15) is 23.6 Å². The fourth-order valence-corrected chi connectivity index (χ4v) is 4.31. The highest BCUT2D eigenvalue weighted by atomic mass is 19.1. The topological polar surface area (TPSA) is 57.7 Å². The maximum Gasteiger partial charge on any atom is 0.209 e. The number of carbonyl (C=O) groups excluding carboxylic acids is 1. The van der Waals surface area contributed by atoms with Gasteiger partial charge in [-0.3, -0.25) is 4.79 Å². The number of rotatable bonds is 5. The molecule has 2 aliphatic heterocycles. The second kappa shape index (κ2) is 9.15. The summed E-state index contributed by atoms with van der Waals surface area (Å²) in [6.07, 6.45) is 2.52. The van der Waals surface area contributed by atoms with Crippen LogP contribution in [0.5, 0.6) is 0 Å². The van der Waals surface area contributed by atoms with Gasteiger partial charge < -0.3 is 19.9 Å². The third-order valence-electron chi connectivity index (χ3n) is 6.11. The Morgan fingerprint density at radius 2 is 1.94 bits per heavy atom. The van der Waals surface area contributed by atoms with Gasteiger partial charge in [-0.15, -0.1) is 0 Å². The van der Waals surface area contributed by atoms with Crippen LogP contribution in [0.2, 0.25) is 0 Å². The Morgan fingerprint density at radius 3 is 2.76 bits per heavy atom. The first-order valence-corrected chi connectivity index (χ1v) is 10.9. The molecule has 6 nitrogen and oxygen atoms in total. The number of carbonyl (C=O) groups is 1. The second-order valence-corrected chi connectivity index (χ2v) is 8.26. The molecular formula is C25H24F2N4O2. The molecule has 2 aliphatic rings. The Hall–Kier alpha value is -3.52. The zero-order chi connectivity index (χ0) is 22.8. The van der Waals surface area contributed by atoms with E-state index in [1.165, 1.54) is 6.07 Å². The van der Waals surface area contributed by atoms with Gasteiger partial charge in [0.15, 0.2) is 0 Å². The van der Waals surface area contributed by atoms with Crippen molar-refractivity contribution >= 4 is 17.9 Å². The van der Waals surface area contributed by atoms with E-state index in [2.05, 4.69) is 10.3 Å².